The van der Waals surface area contributed by atoms with Gasteiger partial charge in [0.25, 0.3) is 0 Å². The molecule has 0 aliphatic rings. The van der Waals surface area contributed by atoms with E-state index in [0.717, 1.165) is 16.6 Å². The molecule has 1 aromatic heterocycles. The van der Waals surface area contributed by atoms with Gasteiger partial charge in [0.1, 0.15) is 5.75 Å². The lowest BCUT2D eigenvalue weighted by Crippen LogP contribution is -2.07. The number of nitrogens with zero attached hydrogens (tertiary/aromatic N) is 1. The minimum atomic E-state index is -0.533. The second-order valence-corrected chi connectivity index (χ2v) is 4.42. The van der Waals surface area contributed by atoms with Gasteiger partial charge in [-0.2, -0.15) is 0 Å². The molecule has 3 heteroatoms. The zero-order valence-corrected chi connectivity index (χ0v) is 9.81. The number of fused-ring (bicyclic) bond motifs is 1. The van der Waals surface area contributed by atoms with Crippen molar-refractivity contribution < 1.29 is 10.2 Å². The summed E-state index contributed by atoms with van der Waals surface area (Å²) in [4.78, 5) is 0. The summed E-state index contributed by atoms with van der Waals surface area (Å²) in [6.07, 6.45) is -0.533. The van der Waals surface area contributed by atoms with Crippen LogP contribution in [0.15, 0.2) is 24.3 Å². The molecule has 1 aromatic carbocycles. The maximum absolute atomic E-state index is 9.78. The van der Waals surface area contributed by atoms with Crippen molar-refractivity contribution in [1.29, 1.82) is 0 Å². The summed E-state index contributed by atoms with van der Waals surface area (Å²) in [5.74, 6) is 0.263. The summed E-state index contributed by atoms with van der Waals surface area (Å²) in [6.45, 7) is 5.87. The molecule has 1 atom stereocenters. The summed E-state index contributed by atoms with van der Waals surface area (Å²) in [5.41, 5.74) is 1.80. The van der Waals surface area contributed by atoms with Crippen molar-refractivity contribution in [3.63, 3.8) is 0 Å². The summed E-state index contributed by atoms with van der Waals surface area (Å²) in [6, 6.07) is 7.56. The average molecular weight is 219 g/mol. The number of phenolic OH excluding ortho intramolecular Hbond substituents is 1. The number of rotatable bonds is 2. The molecule has 0 aliphatic carbocycles. The van der Waals surface area contributed by atoms with Gasteiger partial charge in [-0.05, 0) is 39.0 Å². The molecule has 1 unspecified atom stereocenters. The van der Waals surface area contributed by atoms with E-state index in [1.54, 1.807) is 13.0 Å². The fraction of sp³-hybridized carbons (Fsp3) is 0.385. The van der Waals surface area contributed by atoms with Crippen LogP contribution in [0.3, 0.4) is 0 Å². The lowest BCUT2D eigenvalue weighted by Gasteiger charge is -2.16. The van der Waals surface area contributed by atoms with Gasteiger partial charge >= 0.3 is 0 Å². The Morgan fingerprint density at radius 2 is 1.88 bits per heavy atom. The van der Waals surface area contributed by atoms with E-state index in [-0.39, 0.29) is 11.8 Å². The first-order valence-corrected chi connectivity index (χ1v) is 5.53. The normalized spacial score (nSPS) is 13.6. The molecule has 3 nitrogen and oxygen atoms in total. The third kappa shape index (κ3) is 1.57. The number of hydrogen-bond donors (Lipinski definition) is 2. The van der Waals surface area contributed by atoms with E-state index >= 15 is 0 Å². The molecule has 0 bridgehead atoms. The quantitative estimate of drug-likeness (QED) is 0.815. The van der Waals surface area contributed by atoms with Crippen molar-refractivity contribution in [2.24, 2.45) is 0 Å². The summed E-state index contributed by atoms with van der Waals surface area (Å²) in [5, 5.41) is 20.3. The van der Waals surface area contributed by atoms with E-state index in [1.807, 2.05) is 18.2 Å². The van der Waals surface area contributed by atoms with Gasteiger partial charge in [0.2, 0.25) is 0 Å². The Hall–Kier alpha value is -1.48. The number of aromatic nitrogens is 1. The van der Waals surface area contributed by atoms with Gasteiger partial charge in [0.05, 0.1) is 11.6 Å². The van der Waals surface area contributed by atoms with Crippen LogP contribution in [0.5, 0.6) is 5.75 Å². The minimum absolute atomic E-state index is 0.254. The van der Waals surface area contributed by atoms with Gasteiger partial charge in [-0.3, -0.25) is 0 Å². The number of benzene rings is 1. The molecule has 0 fully saturated rings. The highest BCUT2D eigenvalue weighted by Crippen LogP contribution is 2.32. The van der Waals surface area contributed by atoms with Crippen molar-refractivity contribution in [3.05, 3.63) is 30.0 Å². The molecule has 0 radical (unpaired) electrons. The largest absolute Gasteiger partial charge is 0.507 e. The van der Waals surface area contributed by atoms with Crippen molar-refractivity contribution in [2.45, 2.75) is 32.9 Å². The molecular formula is C13H17NO2. The Labute approximate surface area is 94.9 Å². The van der Waals surface area contributed by atoms with Gasteiger partial charge < -0.3 is 14.8 Å². The van der Waals surface area contributed by atoms with Crippen molar-refractivity contribution >= 4 is 10.9 Å². The first-order chi connectivity index (χ1) is 7.52. The van der Waals surface area contributed by atoms with Gasteiger partial charge in [-0.15, -0.1) is 0 Å². The summed E-state index contributed by atoms with van der Waals surface area (Å²) in [7, 11) is 0. The van der Waals surface area contributed by atoms with Gasteiger partial charge in [0.15, 0.2) is 0 Å². The first-order valence-electron chi connectivity index (χ1n) is 5.53. The first kappa shape index (κ1) is 11.0. The molecule has 0 spiro atoms. The molecule has 16 heavy (non-hydrogen) atoms. The third-order valence-corrected chi connectivity index (χ3v) is 2.83. The van der Waals surface area contributed by atoms with E-state index in [9.17, 15) is 10.2 Å². The minimum Gasteiger partial charge on any atom is -0.507 e. The van der Waals surface area contributed by atoms with Crippen molar-refractivity contribution in [1.82, 2.24) is 4.57 Å². The number of hydrogen-bond acceptors (Lipinski definition) is 2. The number of aromatic hydroxyl groups is 1. The van der Waals surface area contributed by atoms with E-state index in [1.165, 1.54) is 0 Å². The van der Waals surface area contributed by atoms with Gasteiger partial charge in [-0.1, -0.05) is 6.07 Å². The average Bonchev–Trinajstić information content (AvgIpc) is 2.58. The van der Waals surface area contributed by atoms with Gasteiger partial charge in [0, 0.05) is 17.1 Å². The van der Waals surface area contributed by atoms with E-state index < -0.39 is 6.10 Å². The number of aliphatic hydroxyl groups is 1. The van der Waals surface area contributed by atoms with E-state index in [4.69, 9.17) is 0 Å². The van der Waals surface area contributed by atoms with Crippen LogP contribution < -0.4 is 0 Å². The fourth-order valence-corrected chi connectivity index (χ4v) is 2.15. The number of aliphatic hydroxyl groups excluding tert-OH is 1. The molecule has 86 valence electrons. The maximum atomic E-state index is 9.78. The Balaban J connectivity index is 2.81. The van der Waals surface area contributed by atoms with Gasteiger partial charge in [-0.25, -0.2) is 0 Å². The number of phenols is 1. The molecule has 2 aromatic rings. The highest BCUT2D eigenvalue weighted by Gasteiger charge is 2.16. The molecule has 0 saturated heterocycles. The highest BCUT2D eigenvalue weighted by atomic mass is 16.3. The Morgan fingerprint density at radius 3 is 2.44 bits per heavy atom. The van der Waals surface area contributed by atoms with Crippen LogP contribution in [0, 0.1) is 0 Å². The van der Waals surface area contributed by atoms with E-state index in [2.05, 4.69) is 18.4 Å². The monoisotopic (exact) mass is 219 g/mol. The SMILES string of the molecule is CC(O)c1cc2c(O)cccc2n1C(C)C. The van der Waals surface area contributed by atoms with Crippen molar-refractivity contribution in [3.8, 4) is 5.75 Å². The van der Waals surface area contributed by atoms with Crippen LogP contribution in [0.1, 0.15) is 38.6 Å². The second kappa shape index (κ2) is 3.83. The lowest BCUT2D eigenvalue weighted by molar-refractivity contribution is 0.188. The summed E-state index contributed by atoms with van der Waals surface area (Å²) >= 11 is 0. The highest BCUT2D eigenvalue weighted by molar-refractivity contribution is 5.87. The lowest BCUT2D eigenvalue weighted by atomic mass is 10.2. The fourth-order valence-electron chi connectivity index (χ4n) is 2.15. The second-order valence-electron chi connectivity index (χ2n) is 4.42. The van der Waals surface area contributed by atoms with Crippen LogP contribution in [0.25, 0.3) is 10.9 Å². The maximum Gasteiger partial charge on any atom is 0.124 e. The zero-order chi connectivity index (χ0) is 11.9. The Bertz CT molecular complexity index is 512. The summed E-state index contributed by atoms with van der Waals surface area (Å²) < 4.78 is 2.06. The third-order valence-electron chi connectivity index (χ3n) is 2.83. The molecule has 0 saturated carbocycles. The zero-order valence-electron chi connectivity index (χ0n) is 9.81. The predicted octanol–water partition coefficient (Wildman–Crippen LogP) is 2.98. The predicted molar refractivity (Wildman–Crippen MR) is 64.6 cm³/mol. The molecule has 2 N–H and O–H groups in total. The van der Waals surface area contributed by atoms with Crippen molar-refractivity contribution in [2.75, 3.05) is 0 Å². The standard InChI is InChI=1S/C13H17NO2/c1-8(2)14-11-5-4-6-13(16)10(11)7-12(14)9(3)15/h4-9,15-16H,1-3H3. The topological polar surface area (TPSA) is 45.4 Å². The van der Waals surface area contributed by atoms with Crippen LogP contribution in [0.4, 0.5) is 0 Å². The molecule has 0 amide bonds. The van der Waals surface area contributed by atoms with Crippen LogP contribution >= 0.6 is 0 Å². The Kier molecular flexibility index (Phi) is 2.64. The van der Waals surface area contributed by atoms with Crippen LogP contribution in [0.2, 0.25) is 0 Å². The molecule has 2 rings (SSSR count). The van der Waals surface area contributed by atoms with Crippen LogP contribution in [-0.2, 0) is 0 Å². The molecule has 0 aliphatic heterocycles. The van der Waals surface area contributed by atoms with E-state index in [0.29, 0.717) is 0 Å². The Morgan fingerprint density at radius 1 is 1.19 bits per heavy atom. The van der Waals surface area contributed by atoms with Crippen LogP contribution in [-0.4, -0.2) is 14.8 Å². The smallest absolute Gasteiger partial charge is 0.124 e. The molecule has 1 heterocycles. The molecular weight excluding hydrogens is 202 g/mol.